The third kappa shape index (κ3) is 5.51. The van der Waals surface area contributed by atoms with E-state index in [-0.39, 0.29) is 25.2 Å². The number of amides is 3. The van der Waals surface area contributed by atoms with E-state index in [4.69, 9.17) is 4.74 Å². The highest BCUT2D eigenvalue weighted by Crippen LogP contribution is 2.33. The van der Waals surface area contributed by atoms with Crippen LogP contribution in [0, 0.1) is 0 Å². The zero-order valence-electron chi connectivity index (χ0n) is 18.2. The van der Waals surface area contributed by atoms with Gasteiger partial charge in [-0.2, -0.15) is 13.2 Å². The molecule has 1 heterocycles. The minimum atomic E-state index is -4.52. The van der Waals surface area contributed by atoms with Gasteiger partial charge < -0.3 is 19.9 Å². The third-order valence-electron chi connectivity index (χ3n) is 5.47. The van der Waals surface area contributed by atoms with Gasteiger partial charge in [0.15, 0.2) is 0 Å². The van der Waals surface area contributed by atoms with Gasteiger partial charge in [-0.1, -0.05) is 18.2 Å². The summed E-state index contributed by atoms with van der Waals surface area (Å²) in [6.45, 7) is -0.473. The zero-order valence-corrected chi connectivity index (χ0v) is 18.2. The number of alkyl halides is 3. The maximum Gasteiger partial charge on any atom is 0.416 e. The predicted octanol–water partition coefficient (Wildman–Crippen LogP) is 3.02. The summed E-state index contributed by atoms with van der Waals surface area (Å²) in [5.74, 6) is -1.48. The SMILES string of the molecule is CNC(=O)CN1C(=O)CN(C(=O)c2ccc(C(F)(F)F)cc2)CCC(OC)c2ccccc21. The van der Waals surface area contributed by atoms with Crippen molar-refractivity contribution in [2.75, 3.05) is 38.7 Å². The molecule has 1 N–H and O–H groups in total. The fourth-order valence-corrected chi connectivity index (χ4v) is 3.69. The Kier molecular flexibility index (Phi) is 7.37. The molecule has 33 heavy (non-hydrogen) atoms. The summed E-state index contributed by atoms with van der Waals surface area (Å²) in [5, 5.41) is 2.48. The maximum absolute atomic E-state index is 13.2. The molecule has 10 heteroatoms. The number of nitrogens with zero attached hydrogens (tertiary/aromatic N) is 2. The first-order valence-electron chi connectivity index (χ1n) is 10.2. The maximum atomic E-state index is 13.2. The fraction of sp³-hybridized carbons (Fsp3) is 0.348. The van der Waals surface area contributed by atoms with Crippen LogP contribution in [0.3, 0.4) is 0 Å². The van der Waals surface area contributed by atoms with Crippen molar-refractivity contribution >= 4 is 23.4 Å². The summed E-state index contributed by atoms with van der Waals surface area (Å²) in [6.07, 6.45) is -4.64. The van der Waals surface area contributed by atoms with Gasteiger partial charge in [-0.05, 0) is 36.8 Å². The number of benzene rings is 2. The van der Waals surface area contributed by atoms with E-state index < -0.39 is 35.6 Å². The number of ether oxygens (including phenoxy) is 1. The molecule has 1 aliphatic rings. The van der Waals surface area contributed by atoms with E-state index in [2.05, 4.69) is 5.32 Å². The molecule has 0 aliphatic carbocycles. The highest BCUT2D eigenvalue weighted by molar-refractivity contribution is 6.03. The van der Waals surface area contributed by atoms with Crippen LogP contribution in [0.25, 0.3) is 0 Å². The minimum absolute atomic E-state index is 0.0272. The molecule has 0 aromatic heterocycles. The van der Waals surface area contributed by atoms with Crippen molar-refractivity contribution in [1.29, 1.82) is 0 Å². The van der Waals surface area contributed by atoms with E-state index in [0.29, 0.717) is 17.7 Å². The fourth-order valence-electron chi connectivity index (χ4n) is 3.69. The molecule has 0 fully saturated rings. The summed E-state index contributed by atoms with van der Waals surface area (Å²) in [7, 11) is 2.96. The van der Waals surface area contributed by atoms with Gasteiger partial charge in [0.2, 0.25) is 11.8 Å². The molecule has 176 valence electrons. The summed E-state index contributed by atoms with van der Waals surface area (Å²) in [6, 6.07) is 10.9. The molecule has 1 atom stereocenters. The van der Waals surface area contributed by atoms with Crippen molar-refractivity contribution in [1.82, 2.24) is 10.2 Å². The quantitative estimate of drug-likeness (QED) is 0.756. The van der Waals surface area contributed by atoms with Gasteiger partial charge in [-0.3, -0.25) is 14.4 Å². The van der Waals surface area contributed by atoms with Crippen LogP contribution in [0.1, 0.15) is 34.0 Å². The monoisotopic (exact) mass is 463 g/mol. The van der Waals surface area contributed by atoms with Crippen molar-refractivity contribution in [3.05, 3.63) is 65.2 Å². The number of likely N-dealkylation sites (N-methyl/N-ethyl adjacent to an activating group) is 1. The molecule has 0 bridgehead atoms. The van der Waals surface area contributed by atoms with Gasteiger partial charge in [0.05, 0.1) is 17.4 Å². The average molecular weight is 463 g/mol. The Morgan fingerprint density at radius 1 is 1.12 bits per heavy atom. The van der Waals surface area contributed by atoms with Crippen LogP contribution in [0.2, 0.25) is 0 Å². The predicted molar refractivity (Wildman–Crippen MR) is 115 cm³/mol. The van der Waals surface area contributed by atoms with E-state index in [1.54, 1.807) is 24.3 Å². The molecule has 2 aromatic carbocycles. The summed E-state index contributed by atoms with van der Waals surface area (Å²) >= 11 is 0. The number of rotatable bonds is 4. The molecular formula is C23H24F3N3O4. The number of carbonyl (C=O) groups excluding carboxylic acids is 3. The lowest BCUT2D eigenvalue weighted by Gasteiger charge is -2.27. The molecule has 3 amide bonds. The second-order valence-electron chi connectivity index (χ2n) is 7.53. The van der Waals surface area contributed by atoms with Gasteiger partial charge in [-0.25, -0.2) is 0 Å². The van der Waals surface area contributed by atoms with Gasteiger partial charge in [-0.15, -0.1) is 0 Å². The molecule has 1 aliphatic heterocycles. The van der Waals surface area contributed by atoms with E-state index in [9.17, 15) is 27.6 Å². The summed E-state index contributed by atoms with van der Waals surface area (Å²) in [4.78, 5) is 41.0. The van der Waals surface area contributed by atoms with E-state index in [0.717, 1.165) is 24.3 Å². The van der Waals surface area contributed by atoms with Crippen molar-refractivity contribution in [2.45, 2.75) is 18.7 Å². The first kappa shape index (κ1) is 24.2. The van der Waals surface area contributed by atoms with E-state index >= 15 is 0 Å². The van der Waals surface area contributed by atoms with Crippen LogP contribution in [0.5, 0.6) is 0 Å². The standard InChI is InChI=1S/C23H24F3N3O4/c1-27-20(30)13-29-18-6-4-3-5-17(18)19(33-2)11-12-28(14-21(29)31)22(32)15-7-9-16(10-8-15)23(24,25)26/h3-10,19H,11-14H2,1-2H3,(H,27,30). The highest BCUT2D eigenvalue weighted by Gasteiger charge is 2.32. The molecule has 1 unspecified atom stereocenters. The van der Waals surface area contributed by atoms with Crippen LogP contribution < -0.4 is 10.2 Å². The minimum Gasteiger partial charge on any atom is -0.377 e. The molecule has 3 rings (SSSR count). The van der Waals surface area contributed by atoms with Crippen LogP contribution in [-0.2, 0) is 20.5 Å². The molecule has 0 saturated carbocycles. The van der Waals surface area contributed by atoms with Crippen molar-refractivity contribution < 1.29 is 32.3 Å². The first-order chi connectivity index (χ1) is 15.7. The smallest absolute Gasteiger partial charge is 0.377 e. The Hall–Kier alpha value is -3.40. The van der Waals surface area contributed by atoms with Crippen molar-refractivity contribution in [2.24, 2.45) is 0 Å². The lowest BCUT2D eigenvalue weighted by atomic mass is 10.0. The van der Waals surface area contributed by atoms with Crippen LogP contribution in [0.4, 0.5) is 18.9 Å². The van der Waals surface area contributed by atoms with E-state index in [1.807, 2.05) is 0 Å². The molecule has 7 nitrogen and oxygen atoms in total. The zero-order chi connectivity index (χ0) is 24.2. The largest absolute Gasteiger partial charge is 0.416 e. The second-order valence-corrected chi connectivity index (χ2v) is 7.53. The second kappa shape index (κ2) is 10.0. The number of hydrogen-bond acceptors (Lipinski definition) is 4. The lowest BCUT2D eigenvalue weighted by Crippen LogP contribution is -2.46. The number of carbonyl (C=O) groups is 3. The number of methoxy groups -OCH3 is 1. The number of anilines is 1. The number of para-hydroxylation sites is 1. The van der Waals surface area contributed by atoms with Crippen molar-refractivity contribution in [3.8, 4) is 0 Å². The Morgan fingerprint density at radius 3 is 2.39 bits per heavy atom. The summed E-state index contributed by atoms with van der Waals surface area (Å²) < 4.78 is 44.2. The number of nitrogens with one attached hydrogen (secondary N) is 1. The average Bonchev–Trinajstić information content (AvgIpc) is 2.86. The highest BCUT2D eigenvalue weighted by atomic mass is 19.4. The molecule has 2 aromatic rings. The molecular weight excluding hydrogens is 439 g/mol. The summed E-state index contributed by atoms with van der Waals surface area (Å²) in [5.41, 5.74) is 0.355. The van der Waals surface area contributed by atoms with E-state index in [1.165, 1.54) is 24.0 Å². The molecule has 0 saturated heterocycles. The van der Waals surface area contributed by atoms with Crippen molar-refractivity contribution in [3.63, 3.8) is 0 Å². The normalized spacial score (nSPS) is 17.0. The Morgan fingerprint density at radius 2 is 1.79 bits per heavy atom. The lowest BCUT2D eigenvalue weighted by molar-refractivity contribution is -0.137. The van der Waals surface area contributed by atoms with Crippen LogP contribution >= 0.6 is 0 Å². The Labute approximate surface area is 189 Å². The third-order valence-corrected chi connectivity index (χ3v) is 5.47. The van der Waals surface area contributed by atoms with Gasteiger partial charge >= 0.3 is 6.18 Å². The number of fused-ring (bicyclic) bond motifs is 1. The van der Waals surface area contributed by atoms with Gasteiger partial charge in [0.1, 0.15) is 13.1 Å². The molecule has 0 radical (unpaired) electrons. The van der Waals surface area contributed by atoms with Crippen LogP contribution in [0.15, 0.2) is 48.5 Å². The first-order valence-corrected chi connectivity index (χ1v) is 10.2. The number of hydrogen-bond donors (Lipinski definition) is 1. The topological polar surface area (TPSA) is 79.0 Å². The van der Waals surface area contributed by atoms with Crippen LogP contribution in [-0.4, -0.2) is 56.4 Å². The Bertz CT molecular complexity index is 1020. The molecule has 0 spiro atoms. The number of halogens is 3. The Balaban J connectivity index is 1.95. The van der Waals surface area contributed by atoms with Gasteiger partial charge in [0.25, 0.3) is 5.91 Å². The van der Waals surface area contributed by atoms with Gasteiger partial charge in [0, 0.05) is 31.8 Å².